The highest BCUT2D eigenvalue weighted by atomic mass is 16.5. The van der Waals surface area contributed by atoms with Crippen LogP contribution < -0.4 is 10.1 Å². The van der Waals surface area contributed by atoms with Crippen LogP contribution >= 0.6 is 0 Å². The fraction of sp³-hybridized carbons (Fsp3) is 0.235. The van der Waals surface area contributed by atoms with Gasteiger partial charge in [0.25, 0.3) is 0 Å². The van der Waals surface area contributed by atoms with Crippen LogP contribution in [0.25, 0.3) is 11.0 Å². The van der Waals surface area contributed by atoms with Gasteiger partial charge in [0.15, 0.2) is 0 Å². The molecule has 2 aromatic carbocycles. The molecule has 0 spiro atoms. The molecule has 0 fully saturated rings. The third kappa shape index (κ3) is 3.41. The second-order valence-electron chi connectivity index (χ2n) is 4.98. The number of hydrogen-bond acceptors (Lipinski definition) is 3. The molecule has 4 nitrogen and oxygen atoms in total. The molecule has 0 radical (unpaired) electrons. The number of hydrogen-bond donors (Lipinski definition) is 2. The molecule has 0 aliphatic heterocycles. The van der Waals surface area contributed by atoms with E-state index >= 15 is 0 Å². The first-order valence-electron chi connectivity index (χ1n) is 7.12. The lowest BCUT2D eigenvalue weighted by Gasteiger charge is -2.02. The molecule has 0 aliphatic rings. The van der Waals surface area contributed by atoms with Gasteiger partial charge < -0.3 is 15.0 Å². The molecule has 1 heterocycles. The Hall–Kier alpha value is -2.33. The van der Waals surface area contributed by atoms with Gasteiger partial charge in [-0.1, -0.05) is 30.3 Å². The molecule has 0 aliphatic carbocycles. The number of nitrogens with one attached hydrogen (secondary N) is 2. The summed E-state index contributed by atoms with van der Waals surface area (Å²) in [7, 11) is 1.67. The van der Waals surface area contributed by atoms with Crippen LogP contribution in [0.15, 0.2) is 48.5 Å². The molecule has 3 rings (SSSR count). The lowest BCUT2D eigenvalue weighted by Crippen LogP contribution is -2.17. The van der Waals surface area contributed by atoms with Gasteiger partial charge in [0.05, 0.1) is 24.7 Å². The minimum atomic E-state index is 0.740. The number of rotatable bonds is 6. The van der Waals surface area contributed by atoms with Crippen LogP contribution in [0.5, 0.6) is 5.75 Å². The lowest BCUT2D eigenvalue weighted by atomic mass is 10.1. The number of nitrogens with zero attached hydrogens (tertiary/aromatic N) is 1. The first-order valence-corrected chi connectivity index (χ1v) is 7.12. The van der Waals surface area contributed by atoms with Crippen molar-refractivity contribution in [1.82, 2.24) is 15.3 Å². The van der Waals surface area contributed by atoms with E-state index in [1.807, 2.05) is 24.3 Å². The van der Waals surface area contributed by atoms with E-state index in [9.17, 15) is 0 Å². The third-order valence-corrected chi connectivity index (χ3v) is 3.46. The van der Waals surface area contributed by atoms with Gasteiger partial charge >= 0.3 is 0 Å². The topological polar surface area (TPSA) is 49.9 Å². The number of benzene rings is 2. The molecule has 108 valence electrons. The summed E-state index contributed by atoms with van der Waals surface area (Å²) >= 11 is 0. The molecule has 1 aromatic heterocycles. The standard InChI is InChI=1S/C17H19N3O/c1-21-14-7-8-15-16(11-14)20-17(19-15)12-18-10-9-13-5-3-2-4-6-13/h2-8,11,18H,9-10,12H2,1H3,(H,19,20). The molecular weight excluding hydrogens is 262 g/mol. The molecule has 0 bridgehead atoms. The number of ether oxygens (including phenoxy) is 1. The van der Waals surface area contributed by atoms with Gasteiger partial charge in [0, 0.05) is 6.07 Å². The van der Waals surface area contributed by atoms with Crippen LogP contribution in [0.2, 0.25) is 0 Å². The quantitative estimate of drug-likeness (QED) is 0.683. The SMILES string of the molecule is COc1ccc2nc(CNCCc3ccccc3)[nH]c2c1. The van der Waals surface area contributed by atoms with E-state index in [1.165, 1.54) is 5.56 Å². The Morgan fingerprint density at radius 3 is 2.81 bits per heavy atom. The fourth-order valence-electron chi connectivity index (χ4n) is 2.34. The first-order chi connectivity index (χ1) is 10.3. The molecule has 2 N–H and O–H groups in total. The predicted molar refractivity (Wildman–Crippen MR) is 84.5 cm³/mol. The van der Waals surface area contributed by atoms with Crippen LogP contribution in [-0.2, 0) is 13.0 Å². The summed E-state index contributed by atoms with van der Waals surface area (Å²) in [6.07, 6.45) is 1.02. The van der Waals surface area contributed by atoms with Crippen molar-refractivity contribution in [2.24, 2.45) is 0 Å². The van der Waals surface area contributed by atoms with E-state index in [1.54, 1.807) is 7.11 Å². The molecule has 0 saturated carbocycles. The van der Waals surface area contributed by atoms with E-state index in [0.29, 0.717) is 0 Å². The van der Waals surface area contributed by atoms with Gasteiger partial charge in [-0.25, -0.2) is 4.98 Å². The van der Waals surface area contributed by atoms with Crippen molar-refractivity contribution < 1.29 is 4.74 Å². The van der Waals surface area contributed by atoms with Crippen molar-refractivity contribution in [3.63, 3.8) is 0 Å². The summed E-state index contributed by atoms with van der Waals surface area (Å²) in [5.74, 6) is 1.79. The first kappa shape index (κ1) is 13.6. The maximum Gasteiger partial charge on any atom is 0.121 e. The molecule has 3 aromatic rings. The number of aromatic amines is 1. The molecule has 4 heteroatoms. The molecule has 21 heavy (non-hydrogen) atoms. The van der Waals surface area contributed by atoms with Gasteiger partial charge in [0.1, 0.15) is 11.6 Å². The van der Waals surface area contributed by atoms with E-state index in [0.717, 1.165) is 42.1 Å². The van der Waals surface area contributed by atoms with Crippen LogP contribution in [0.3, 0.4) is 0 Å². The van der Waals surface area contributed by atoms with E-state index in [4.69, 9.17) is 4.74 Å². The second-order valence-corrected chi connectivity index (χ2v) is 4.98. The number of aromatic nitrogens is 2. The van der Waals surface area contributed by atoms with Crippen LogP contribution in [0.1, 0.15) is 11.4 Å². The highest BCUT2D eigenvalue weighted by Gasteiger charge is 2.03. The summed E-state index contributed by atoms with van der Waals surface area (Å²) in [6, 6.07) is 16.3. The van der Waals surface area contributed by atoms with Crippen LogP contribution in [-0.4, -0.2) is 23.6 Å². The van der Waals surface area contributed by atoms with Crippen molar-refractivity contribution in [3.05, 3.63) is 59.9 Å². The van der Waals surface area contributed by atoms with E-state index in [-0.39, 0.29) is 0 Å². The maximum absolute atomic E-state index is 5.22. The Morgan fingerprint density at radius 1 is 1.14 bits per heavy atom. The summed E-state index contributed by atoms with van der Waals surface area (Å²) in [4.78, 5) is 7.87. The van der Waals surface area contributed by atoms with Crippen LogP contribution in [0.4, 0.5) is 0 Å². The molecule has 0 unspecified atom stereocenters. The summed E-state index contributed by atoms with van der Waals surface area (Å²) < 4.78 is 5.22. The summed E-state index contributed by atoms with van der Waals surface area (Å²) in [5, 5.41) is 3.41. The number of H-pyrrole nitrogens is 1. The van der Waals surface area contributed by atoms with Gasteiger partial charge in [0.2, 0.25) is 0 Å². The van der Waals surface area contributed by atoms with Crippen molar-refractivity contribution in [3.8, 4) is 5.75 Å². The zero-order valence-electron chi connectivity index (χ0n) is 12.1. The fourth-order valence-corrected chi connectivity index (χ4v) is 2.34. The smallest absolute Gasteiger partial charge is 0.121 e. The van der Waals surface area contributed by atoms with Gasteiger partial charge in [-0.3, -0.25) is 0 Å². The second kappa shape index (κ2) is 6.41. The van der Waals surface area contributed by atoms with Gasteiger partial charge in [-0.05, 0) is 30.7 Å². The molecule has 0 atom stereocenters. The minimum absolute atomic E-state index is 0.740. The average Bonchev–Trinajstić information content (AvgIpc) is 2.94. The number of methoxy groups -OCH3 is 1. The van der Waals surface area contributed by atoms with Crippen molar-refractivity contribution >= 4 is 11.0 Å². The highest BCUT2D eigenvalue weighted by molar-refractivity contribution is 5.76. The Morgan fingerprint density at radius 2 is 2.00 bits per heavy atom. The Bertz CT molecular complexity index is 706. The number of imidazole rings is 1. The predicted octanol–water partition coefficient (Wildman–Crippen LogP) is 2.90. The zero-order valence-corrected chi connectivity index (χ0v) is 12.1. The molecule has 0 saturated heterocycles. The van der Waals surface area contributed by atoms with Crippen LogP contribution in [0, 0.1) is 0 Å². The zero-order chi connectivity index (χ0) is 14.5. The third-order valence-electron chi connectivity index (χ3n) is 3.46. The largest absolute Gasteiger partial charge is 0.497 e. The van der Waals surface area contributed by atoms with Crippen molar-refractivity contribution in [2.45, 2.75) is 13.0 Å². The Kier molecular flexibility index (Phi) is 4.17. The monoisotopic (exact) mass is 281 g/mol. The highest BCUT2D eigenvalue weighted by Crippen LogP contribution is 2.18. The Labute approximate surface area is 124 Å². The van der Waals surface area contributed by atoms with E-state index in [2.05, 4.69) is 39.6 Å². The normalized spacial score (nSPS) is 10.9. The number of fused-ring (bicyclic) bond motifs is 1. The lowest BCUT2D eigenvalue weighted by molar-refractivity contribution is 0.415. The van der Waals surface area contributed by atoms with Gasteiger partial charge in [-0.15, -0.1) is 0 Å². The Balaban J connectivity index is 1.55. The van der Waals surface area contributed by atoms with Crippen molar-refractivity contribution in [2.75, 3.05) is 13.7 Å². The van der Waals surface area contributed by atoms with Gasteiger partial charge in [-0.2, -0.15) is 0 Å². The molecule has 0 amide bonds. The minimum Gasteiger partial charge on any atom is -0.497 e. The maximum atomic E-state index is 5.22. The summed E-state index contributed by atoms with van der Waals surface area (Å²) in [5.41, 5.74) is 3.32. The summed E-state index contributed by atoms with van der Waals surface area (Å²) in [6.45, 7) is 1.67. The average molecular weight is 281 g/mol. The molecular formula is C17H19N3O. The van der Waals surface area contributed by atoms with Crippen molar-refractivity contribution in [1.29, 1.82) is 0 Å². The van der Waals surface area contributed by atoms with E-state index < -0.39 is 0 Å².